The molecule has 5 rings (SSSR count). The second kappa shape index (κ2) is 9.01. The Hall–Kier alpha value is -2.86. The van der Waals surface area contributed by atoms with Crippen LogP contribution in [-0.4, -0.2) is 0 Å². The number of rotatable bonds is 2. The van der Waals surface area contributed by atoms with Crippen LogP contribution in [0.5, 0.6) is 0 Å². The summed E-state index contributed by atoms with van der Waals surface area (Å²) in [5, 5.41) is 0. The molecule has 3 aromatic rings. The average Bonchev–Trinajstić information content (AvgIpc) is 2.65. The van der Waals surface area contributed by atoms with Crippen molar-refractivity contribution in [2.75, 3.05) is 0 Å². The van der Waals surface area contributed by atoms with Crippen LogP contribution in [0.15, 0.2) is 86.0 Å². The van der Waals surface area contributed by atoms with Gasteiger partial charge in [0, 0.05) is 0 Å². The van der Waals surface area contributed by atoms with Gasteiger partial charge in [-0.05, 0) is 59.1 Å². The van der Waals surface area contributed by atoms with Crippen molar-refractivity contribution in [3.63, 3.8) is 0 Å². The van der Waals surface area contributed by atoms with Gasteiger partial charge in [0.15, 0.2) is 0 Å². The largest absolute Gasteiger partial charge is 0.0984 e. The summed E-state index contributed by atoms with van der Waals surface area (Å²) >= 11 is 0. The predicted molar refractivity (Wildman–Crippen MR) is 114 cm³/mol. The van der Waals surface area contributed by atoms with Crippen LogP contribution >= 0.6 is 0 Å². The van der Waals surface area contributed by atoms with Gasteiger partial charge in [0.2, 0.25) is 0 Å². The topological polar surface area (TPSA) is 0 Å². The van der Waals surface area contributed by atoms with Crippen molar-refractivity contribution in [1.82, 2.24) is 0 Å². The first-order valence-corrected chi connectivity index (χ1v) is 9.29. The molecule has 0 saturated carbocycles. The third kappa shape index (κ3) is 4.40. The summed E-state index contributed by atoms with van der Waals surface area (Å²) < 4.78 is 0. The van der Waals surface area contributed by atoms with E-state index in [1.165, 1.54) is 25.7 Å². The lowest BCUT2D eigenvalue weighted by Gasteiger charge is -2.16. The number of hydrogen-bond donors (Lipinski definition) is 0. The highest BCUT2D eigenvalue weighted by Crippen LogP contribution is 2.21. The van der Waals surface area contributed by atoms with Crippen LogP contribution in [0.25, 0.3) is 12.2 Å². The minimum Gasteiger partial charge on any atom is -0.0984 e. The Balaban J connectivity index is 0.000000114. The fraction of sp³-hybridized carbons (Fsp3) is 0.154. The molecule has 0 heterocycles. The van der Waals surface area contributed by atoms with Crippen LogP contribution in [-0.2, 0) is 25.7 Å². The maximum Gasteiger partial charge on any atom is -0.0190 e. The first kappa shape index (κ1) is 17.9. The van der Waals surface area contributed by atoms with E-state index in [4.69, 9.17) is 0 Å². The van der Waals surface area contributed by atoms with Crippen LogP contribution in [0.1, 0.15) is 33.4 Å². The van der Waals surface area contributed by atoms with Crippen molar-refractivity contribution in [3.05, 3.63) is 119 Å². The smallest absolute Gasteiger partial charge is 0.0190 e. The molecule has 0 aliphatic heterocycles. The molecule has 0 nitrogen and oxygen atoms in total. The molecule has 0 radical (unpaired) electrons. The van der Waals surface area contributed by atoms with Gasteiger partial charge in [0.05, 0.1) is 0 Å². The zero-order valence-corrected chi connectivity index (χ0v) is 15.3. The molecule has 0 fully saturated rings. The Morgan fingerprint density at radius 2 is 0.731 bits per heavy atom. The molecule has 0 amide bonds. The lowest BCUT2D eigenvalue weighted by Crippen LogP contribution is -2.06. The van der Waals surface area contributed by atoms with Crippen LogP contribution in [0.3, 0.4) is 0 Å². The Kier molecular flexibility index (Phi) is 6.22. The van der Waals surface area contributed by atoms with Crippen molar-refractivity contribution in [3.8, 4) is 0 Å². The number of hydrogen-bond acceptors (Lipinski definition) is 0. The Labute approximate surface area is 157 Å². The van der Waals surface area contributed by atoms with Gasteiger partial charge in [-0.2, -0.15) is 0 Å². The molecule has 2 aliphatic carbocycles. The van der Waals surface area contributed by atoms with Crippen molar-refractivity contribution < 1.29 is 0 Å². The summed E-state index contributed by atoms with van der Waals surface area (Å²) in [6.07, 6.45) is 8.87. The van der Waals surface area contributed by atoms with Gasteiger partial charge in [-0.25, -0.2) is 0 Å². The van der Waals surface area contributed by atoms with E-state index in [-0.39, 0.29) is 0 Å². The van der Waals surface area contributed by atoms with E-state index in [2.05, 4.69) is 61.7 Å². The third-order valence-electron chi connectivity index (χ3n) is 5.00. The molecule has 2 aliphatic rings. The molecule has 3 aromatic carbocycles. The second-order valence-corrected chi connectivity index (χ2v) is 6.57. The van der Waals surface area contributed by atoms with Gasteiger partial charge < -0.3 is 0 Å². The van der Waals surface area contributed by atoms with Gasteiger partial charge in [0.1, 0.15) is 0 Å². The van der Waals surface area contributed by atoms with E-state index in [9.17, 15) is 0 Å². The maximum atomic E-state index is 3.69. The zero-order chi connectivity index (χ0) is 18.2. The monoisotopic (exact) mass is 338 g/mol. The van der Waals surface area contributed by atoms with Crippen molar-refractivity contribution in [2.24, 2.45) is 0 Å². The van der Waals surface area contributed by atoms with E-state index in [1.807, 2.05) is 36.4 Å². The first-order valence-electron chi connectivity index (χ1n) is 9.29. The molecule has 130 valence electrons. The lowest BCUT2D eigenvalue weighted by molar-refractivity contribution is 0.839. The third-order valence-corrected chi connectivity index (χ3v) is 5.00. The highest BCUT2D eigenvalue weighted by atomic mass is 14.1. The van der Waals surface area contributed by atoms with E-state index in [1.54, 1.807) is 22.3 Å². The van der Waals surface area contributed by atoms with Gasteiger partial charge in [-0.1, -0.05) is 98.1 Å². The van der Waals surface area contributed by atoms with Gasteiger partial charge in [-0.15, -0.1) is 0 Å². The van der Waals surface area contributed by atoms with Crippen LogP contribution in [0, 0.1) is 0 Å². The molecule has 0 saturated heterocycles. The number of aryl methyl sites for hydroxylation is 4. The van der Waals surface area contributed by atoms with Crippen LogP contribution < -0.4 is 0 Å². The molecular weight excluding hydrogens is 312 g/mol. The summed E-state index contributed by atoms with van der Waals surface area (Å²) in [5.41, 5.74) is 8.47. The molecule has 26 heavy (non-hydrogen) atoms. The quantitative estimate of drug-likeness (QED) is 0.497. The molecule has 0 N–H and O–H groups in total. The van der Waals surface area contributed by atoms with E-state index in [0.717, 1.165) is 11.1 Å². The van der Waals surface area contributed by atoms with Crippen LogP contribution in [0.4, 0.5) is 0 Å². The number of fused-ring (bicyclic) bond motifs is 2. The zero-order valence-electron chi connectivity index (χ0n) is 15.3. The predicted octanol–water partition coefficient (Wildman–Crippen LogP) is 6.54. The highest BCUT2D eigenvalue weighted by molar-refractivity contribution is 5.63. The summed E-state index contributed by atoms with van der Waals surface area (Å²) in [6, 6.07) is 25.3. The maximum absolute atomic E-state index is 3.69. The molecule has 0 aromatic heterocycles. The highest BCUT2D eigenvalue weighted by Gasteiger charge is 2.09. The second-order valence-electron chi connectivity index (χ2n) is 6.57. The molecular formula is C26H26. The van der Waals surface area contributed by atoms with Crippen molar-refractivity contribution >= 4 is 12.2 Å². The van der Waals surface area contributed by atoms with Gasteiger partial charge >= 0.3 is 0 Å². The van der Waals surface area contributed by atoms with Crippen molar-refractivity contribution in [2.45, 2.75) is 25.7 Å². The molecule has 0 unspecified atom stereocenters. The fourth-order valence-corrected chi connectivity index (χ4v) is 3.16. The standard InChI is InChI=1S/C10H10.2C8H8/c1-3-9-7-5-6-8-10(9)4-2;2*1-2-4-8-6-5-7(8)3-1/h3-8H,1-2H2;2*1-4H,5-6H2. The summed E-state index contributed by atoms with van der Waals surface area (Å²) in [4.78, 5) is 0. The minimum absolute atomic E-state index is 1.14. The van der Waals surface area contributed by atoms with Crippen LogP contribution in [0.2, 0.25) is 0 Å². The number of benzene rings is 3. The SMILES string of the molecule is C=Cc1ccccc1C=C.c1ccc2c(c1)CC2.c1ccc2c(c1)CC2. The normalized spacial score (nSPS) is 12.3. The molecule has 0 spiro atoms. The molecule has 0 bridgehead atoms. The fourth-order valence-electron chi connectivity index (χ4n) is 3.16. The Bertz CT molecular complexity index is 765. The minimum atomic E-state index is 1.14. The van der Waals surface area contributed by atoms with E-state index in [0.29, 0.717) is 0 Å². The summed E-state index contributed by atoms with van der Waals surface area (Å²) in [5.74, 6) is 0. The van der Waals surface area contributed by atoms with E-state index >= 15 is 0 Å². The van der Waals surface area contributed by atoms with Gasteiger partial charge in [0.25, 0.3) is 0 Å². The average molecular weight is 338 g/mol. The van der Waals surface area contributed by atoms with Crippen molar-refractivity contribution in [1.29, 1.82) is 0 Å². The Morgan fingerprint density at radius 3 is 0.923 bits per heavy atom. The van der Waals surface area contributed by atoms with Gasteiger partial charge in [-0.3, -0.25) is 0 Å². The molecule has 0 atom stereocenters. The lowest BCUT2D eigenvalue weighted by atomic mass is 9.89. The molecule has 0 heteroatoms. The summed E-state index contributed by atoms with van der Waals surface area (Å²) in [6.45, 7) is 7.38. The van der Waals surface area contributed by atoms with E-state index < -0.39 is 0 Å². The Morgan fingerprint density at radius 1 is 0.462 bits per heavy atom. The first-order chi connectivity index (χ1) is 12.8. The summed E-state index contributed by atoms with van der Waals surface area (Å²) in [7, 11) is 0.